The van der Waals surface area contributed by atoms with Gasteiger partial charge < -0.3 is 9.84 Å². The molecule has 0 saturated heterocycles. The normalized spacial score (nSPS) is 11.1. The molecule has 1 aromatic heterocycles. The van der Waals surface area contributed by atoms with E-state index in [1.165, 1.54) is 30.1 Å². The van der Waals surface area contributed by atoms with E-state index in [9.17, 15) is 9.90 Å². The Hall–Kier alpha value is -3.13. The molecule has 0 unspecified atom stereocenters. The molecule has 1 amide bonds. The molecule has 0 aliphatic rings. The largest absolute Gasteiger partial charge is 0.504 e. The van der Waals surface area contributed by atoms with E-state index in [2.05, 4.69) is 20.8 Å². The van der Waals surface area contributed by atoms with Crippen LogP contribution in [0, 0.1) is 0 Å². The first-order chi connectivity index (χ1) is 12.1. The first kappa shape index (κ1) is 16.7. The van der Waals surface area contributed by atoms with Gasteiger partial charge in [0, 0.05) is 16.7 Å². The van der Waals surface area contributed by atoms with Crippen molar-refractivity contribution in [1.29, 1.82) is 0 Å². The zero-order valence-electron chi connectivity index (χ0n) is 13.2. The maximum absolute atomic E-state index is 12.0. The summed E-state index contributed by atoms with van der Waals surface area (Å²) in [6, 6.07) is 10.3. The monoisotopic (exact) mass is 359 g/mol. The number of aromatic hydroxyl groups is 1. The van der Waals surface area contributed by atoms with E-state index < -0.39 is 0 Å². The Morgan fingerprint density at radius 3 is 3.04 bits per heavy atom. The average molecular weight is 360 g/mol. The van der Waals surface area contributed by atoms with Crippen molar-refractivity contribution in [2.45, 2.75) is 6.54 Å². The van der Waals surface area contributed by atoms with Crippen molar-refractivity contribution >= 4 is 34.8 Å². The average Bonchev–Trinajstić information content (AvgIpc) is 3.00. The second-order valence-corrected chi connectivity index (χ2v) is 5.51. The van der Waals surface area contributed by atoms with Gasteiger partial charge >= 0.3 is 0 Å². The Morgan fingerprint density at radius 1 is 1.44 bits per heavy atom. The summed E-state index contributed by atoms with van der Waals surface area (Å²) in [4.78, 5) is 12.0. The molecular weight excluding hydrogens is 346 g/mol. The van der Waals surface area contributed by atoms with Gasteiger partial charge in [-0.25, -0.2) is 10.1 Å². The Balaban J connectivity index is 1.68. The van der Waals surface area contributed by atoms with Crippen LogP contribution in [0.4, 0.5) is 0 Å². The van der Waals surface area contributed by atoms with Crippen molar-refractivity contribution in [1.82, 2.24) is 20.4 Å². The fourth-order valence-electron chi connectivity index (χ4n) is 2.23. The highest BCUT2D eigenvalue weighted by Gasteiger charge is 2.10. The topological polar surface area (TPSA) is 102 Å². The predicted octanol–water partition coefficient (Wildman–Crippen LogP) is 1.95. The van der Waals surface area contributed by atoms with Gasteiger partial charge in [0.2, 0.25) is 0 Å². The molecule has 8 nitrogen and oxygen atoms in total. The molecule has 3 rings (SSSR count). The first-order valence-electron chi connectivity index (χ1n) is 7.25. The summed E-state index contributed by atoms with van der Waals surface area (Å²) in [5.74, 6) is -0.290. The van der Waals surface area contributed by atoms with Crippen LogP contribution in [-0.4, -0.2) is 39.3 Å². The van der Waals surface area contributed by atoms with Gasteiger partial charge in [-0.2, -0.15) is 5.10 Å². The van der Waals surface area contributed by atoms with Gasteiger partial charge in [-0.05, 0) is 18.2 Å². The minimum atomic E-state index is -0.389. The number of amides is 1. The zero-order valence-corrected chi connectivity index (χ0v) is 13.9. The first-order valence-corrected chi connectivity index (χ1v) is 7.63. The minimum Gasteiger partial charge on any atom is -0.504 e. The molecule has 2 aromatic carbocycles. The van der Waals surface area contributed by atoms with Gasteiger partial charge in [0.05, 0.1) is 18.8 Å². The van der Waals surface area contributed by atoms with Crippen LogP contribution in [0.3, 0.4) is 0 Å². The van der Waals surface area contributed by atoms with Crippen molar-refractivity contribution in [2.24, 2.45) is 5.10 Å². The number of para-hydroxylation sites is 1. The molecule has 25 heavy (non-hydrogen) atoms. The quantitative estimate of drug-likeness (QED) is 0.535. The number of nitrogens with one attached hydrogen (secondary N) is 1. The summed E-state index contributed by atoms with van der Waals surface area (Å²) in [6.45, 7) is -0.0390. The highest BCUT2D eigenvalue weighted by molar-refractivity contribution is 6.31. The Morgan fingerprint density at radius 2 is 2.24 bits per heavy atom. The standard InChI is InChI=1S/C16H14ClN5O3/c1-25-14-7-11(17)6-10(16(14)24)8-18-20-15(23)9-22-13-5-3-2-4-12(13)19-21-22/h2-8,24H,9H2,1H3,(H,20,23)/b18-8+. The van der Waals surface area contributed by atoms with E-state index in [0.29, 0.717) is 16.1 Å². The van der Waals surface area contributed by atoms with E-state index in [-0.39, 0.29) is 24.0 Å². The van der Waals surface area contributed by atoms with Crippen molar-refractivity contribution in [2.75, 3.05) is 7.11 Å². The van der Waals surface area contributed by atoms with Crippen molar-refractivity contribution in [3.05, 3.63) is 47.0 Å². The molecule has 0 spiro atoms. The number of hydrogen-bond acceptors (Lipinski definition) is 6. The van der Waals surface area contributed by atoms with Crippen LogP contribution >= 0.6 is 11.6 Å². The molecule has 0 atom stereocenters. The van der Waals surface area contributed by atoms with Crippen LogP contribution in [0.2, 0.25) is 5.02 Å². The lowest BCUT2D eigenvalue weighted by Gasteiger charge is -2.06. The van der Waals surface area contributed by atoms with E-state index in [1.807, 2.05) is 24.3 Å². The molecule has 128 valence electrons. The fourth-order valence-corrected chi connectivity index (χ4v) is 2.44. The fraction of sp³-hybridized carbons (Fsp3) is 0.125. The number of phenolic OH excluding ortho intramolecular Hbond substituents is 1. The Bertz CT molecular complexity index is 954. The van der Waals surface area contributed by atoms with Crippen LogP contribution in [0.25, 0.3) is 11.0 Å². The number of halogens is 1. The highest BCUT2D eigenvalue weighted by atomic mass is 35.5. The van der Waals surface area contributed by atoms with Gasteiger partial charge in [-0.3, -0.25) is 4.79 Å². The van der Waals surface area contributed by atoms with E-state index in [1.54, 1.807) is 0 Å². The molecule has 0 fully saturated rings. The van der Waals surface area contributed by atoms with E-state index in [0.717, 1.165) is 5.52 Å². The lowest BCUT2D eigenvalue weighted by molar-refractivity contribution is -0.121. The number of aromatic nitrogens is 3. The van der Waals surface area contributed by atoms with Crippen molar-refractivity contribution in [3.8, 4) is 11.5 Å². The van der Waals surface area contributed by atoms with Gasteiger partial charge in [-0.15, -0.1) is 5.10 Å². The van der Waals surface area contributed by atoms with Crippen LogP contribution in [0.15, 0.2) is 41.5 Å². The molecule has 0 saturated carbocycles. The van der Waals surface area contributed by atoms with Crippen molar-refractivity contribution in [3.63, 3.8) is 0 Å². The van der Waals surface area contributed by atoms with Gasteiger partial charge in [0.1, 0.15) is 12.1 Å². The summed E-state index contributed by atoms with van der Waals surface area (Å²) in [5, 5.41) is 22.1. The predicted molar refractivity (Wildman–Crippen MR) is 92.9 cm³/mol. The highest BCUT2D eigenvalue weighted by Crippen LogP contribution is 2.32. The third-order valence-corrected chi connectivity index (χ3v) is 3.61. The summed E-state index contributed by atoms with van der Waals surface area (Å²) in [7, 11) is 1.41. The number of nitrogens with zero attached hydrogens (tertiary/aromatic N) is 4. The summed E-state index contributed by atoms with van der Waals surface area (Å²) >= 11 is 5.93. The molecule has 0 radical (unpaired) electrons. The number of benzene rings is 2. The van der Waals surface area contributed by atoms with Gasteiger partial charge in [-0.1, -0.05) is 28.9 Å². The molecule has 2 N–H and O–H groups in total. The van der Waals surface area contributed by atoms with Crippen molar-refractivity contribution < 1.29 is 14.6 Å². The number of rotatable bonds is 5. The van der Waals surface area contributed by atoms with Gasteiger partial charge in [0.15, 0.2) is 11.5 Å². The van der Waals surface area contributed by atoms with E-state index >= 15 is 0 Å². The maximum Gasteiger partial charge on any atom is 0.261 e. The Labute approximate surface area is 147 Å². The molecule has 1 heterocycles. The number of ether oxygens (including phenoxy) is 1. The molecule has 9 heteroatoms. The molecule has 3 aromatic rings. The second-order valence-electron chi connectivity index (χ2n) is 5.07. The number of hydrazone groups is 1. The molecule has 0 aliphatic carbocycles. The number of fused-ring (bicyclic) bond motifs is 1. The van der Waals surface area contributed by atoms with Crippen LogP contribution in [0.1, 0.15) is 5.56 Å². The summed E-state index contributed by atoms with van der Waals surface area (Å²) < 4.78 is 6.48. The number of phenols is 1. The maximum atomic E-state index is 12.0. The number of methoxy groups -OCH3 is 1. The molecule has 0 bridgehead atoms. The zero-order chi connectivity index (χ0) is 17.8. The summed E-state index contributed by atoms with van der Waals surface area (Å²) in [5.41, 5.74) is 4.13. The number of hydrogen-bond donors (Lipinski definition) is 2. The van der Waals surface area contributed by atoms with Crippen LogP contribution in [0.5, 0.6) is 11.5 Å². The third-order valence-electron chi connectivity index (χ3n) is 3.40. The lowest BCUT2D eigenvalue weighted by atomic mass is 10.2. The van der Waals surface area contributed by atoms with Gasteiger partial charge in [0.25, 0.3) is 5.91 Å². The minimum absolute atomic E-state index is 0.0390. The third kappa shape index (κ3) is 3.69. The van der Waals surface area contributed by atoms with Crippen LogP contribution < -0.4 is 10.2 Å². The smallest absolute Gasteiger partial charge is 0.261 e. The molecular formula is C16H14ClN5O3. The molecule has 0 aliphatic heterocycles. The summed E-state index contributed by atoms with van der Waals surface area (Å²) in [6.07, 6.45) is 1.28. The van der Waals surface area contributed by atoms with Crippen LogP contribution in [-0.2, 0) is 11.3 Å². The number of carbonyl (C=O) groups excluding carboxylic acids is 1. The number of carbonyl (C=O) groups is 1. The second kappa shape index (κ2) is 7.18. The lowest BCUT2D eigenvalue weighted by Crippen LogP contribution is -2.23. The Kier molecular flexibility index (Phi) is 4.80. The SMILES string of the molecule is COc1cc(Cl)cc(/C=N/NC(=O)Cn2nnc3ccccc32)c1O. The van der Waals surface area contributed by atoms with E-state index in [4.69, 9.17) is 16.3 Å².